The topological polar surface area (TPSA) is 77.8 Å². The third-order valence-corrected chi connectivity index (χ3v) is 5.30. The fourth-order valence-electron chi connectivity index (χ4n) is 3.74. The van der Waals surface area contributed by atoms with E-state index in [0.717, 1.165) is 24.8 Å². The highest BCUT2D eigenvalue weighted by Gasteiger charge is 2.42. The molecule has 1 aliphatic heterocycles. The minimum atomic E-state index is -0.622. The van der Waals surface area contributed by atoms with Gasteiger partial charge in [0.25, 0.3) is 5.91 Å². The number of aliphatic hydroxyl groups is 1. The van der Waals surface area contributed by atoms with Crippen molar-refractivity contribution in [3.8, 4) is 5.75 Å². The van der Waals surface area contributed by atoms with Crippen LogP contribution < -0.4 is 0 Å². The first-order chi connectivity index (χ1) is 14.0. The molecule has 2 aromatic rings. The second-order valence-electron chi connectivity index (χ2n) is 7.37. The summed E-state index contributed by atoms with van der Waals surface area (Å²) >= 11 is 0. The first kappa shape index (κ1) is 20.6. The molecule has 0 bridgehead atoms. The SMILES string of the molecule is CCCCCN1C(=O)C(O)=C(C(=O)CCc2ccccc2)C1c1ccc(O)cc1. The summed E-state index contributed by atoms with van der Waals surface area (Å²) < 4.78 is 0. The summed E-state index contributed by atoms with van der Waals surface area (Å²) in [6.07, 6.45) is 3.53. The fraction of sp³-hybridized carbons (Fsp3) is 0.333. The van der Waals surface area contributed by atoms with Crippen molar-refractivity contribution < 1.29 is 19.8 Å². The van der Waals surface area contributed by atoms with Crippen LogP contribution in [-0.2, 0) is 16.0 Å². The number of ketones is 1. The summed E-state index contributed by atoms with van der Waals surface area (Å²) in [5.74, 6) is -1.06. The summed E-state index contributed by atoms with van der Waals surface area (Å²) in [6.45, 7) is 2.55. The van der Waals surface area contributed by atoms with Crippen LogP contribution in [0.3, 0.4) is 0 Å². The zero-order chi connectivity index (χ0) is 20.8. The number of carbonyl (C=O) groups excluding carboxylic acids is 2. The Morgan fingerprint density at radius 3 is 2.34 bits per heavy atom. The highest BCUT2D eigenvalue weighted by atomic mass is 16.3. The summed E-state index contributed by atoms with van der Waals surface area (Å²) in [7, 11) is 0. The standard InChI is InChI=1S/C24H27NO4/c1-2-3-7-16-25-22(18-11-13-19(26)14-12-18)21(23(28)24(25)29)20(27)15-10-17-8-5-4-6-9-17/h4-6,8-9,11-14,22,26,28H,2-3,7,10,15-16H2,1H3. The van der Waals surface area contributed by atoms with Crippen LogP contribution in [0.4, 0.5) is 0 Å². The van der Waals surface area contributed by atoms with Crippen molar-refractivity contribution in [3.05, 3.63) is 77.1 Å². The Labute approximate surface area is 171 Å². The van der Waals surface area contributed by atoms with Gasteiger partial charge in [-0.05, 0) is 36.1 Å². The van der Waals surface area contributed by atoms with E-state index in [1.807, 2.05) is 30.3 Å². The molecular weight excluding hydrogens is 366 g/mol. The van der Waals surface area contributed by atoms with Crippen LogP contribution in [0.1, 0.15) is 49.8 Å². The number of hydrogen-bond acceptors (Lipinski definition) is 4. The van der Waals surface area contributed by atoms with E-state index in [4.69, 9.17) is 0 Å². The van der Waals surface area contributed by atoms with Gasteiger partial charge in [-0.3, -0.25) is 9.59 Å². The van der Waals surface area contributed by atoms with Crippen LogP contribution in [0.25, 0.3) is 0 Å². The van der Waals surface area contributed by atoms with Gasteiger partial charge in [-0.15, -0.1) is 0 Å². The van der Waals surface area contributed by atoms with Crippen molar-refractivity contribution in [2.45, 2.75) is 45.1 Å². The van der Waals surface area contributed by atoms with Crippen molar-refractivity contribution in [2.24, 2.45) is 0 Å². The maximum absolute atomic E-state index is 13.1. The summed E-state index contributed by atoms with van der Waals surface area (Å²) in [5, 5.41) is 20.2. The number of phenolic OH excluding ortho intramolecular Hbond substituents is 1. The summed E-state index contributed by atoms with van der Waals surface area (Å²) in [5.41, 5.74) is 1.90. The number of rotatable bonds is 9. The number of hydrogen-bond donors (Lipinski definition) is 2. The molecule has 29 heavy (non-hydrogen) atoms. The minimum absolute atomic E-state index is 0.112. The number of unbranched alkanes of at least 4 members (excludes halogenated alkanes) is 2. The Balaban J connectivity index is 1.87. The molecule has 1 atom stereocenters. The average molecular weight is 393 g/mol. The van der Waals surface area contributed by atoms with E-state index in [2.05, 4.69) is 6.92 Å². The van der Waals surface area contributed by atoms with Gasteiger partial charge in [0, 0.05) is 13.0 Å². The Kier molecular flexibility index (Phi) is 6.70. The van der Waals surface area contributed by atoms with E-state index in [-0.39, 0.29) is 23.5 Å². The molecule has 0 fully saturated rings. The van der Waals surface area contributed by atoms with E-state index >= 15 is 0 Å². The molecule has 0 saturated carbocycles. The lowest BCUT2D eigenvalue weighted by atomic mass is 9.93. The first-order valence-corrected chi connectivity index (χ1v) is 10.1. The van der Waals surface area contributed by atoms with Crippen LogP contribution in [0, 0.1) is 0 Å². The zero-order valence-corrected chi connectivity index (χ0v) is 16.7. The Bertz CT molecular complexity index is 887. The van der Waals surface area contributed by atoms with Crippen molar-refractivity contribution in [2.75, 3.05) is 6.54 Å². The molecule has 152 valence electrons. The summed E-state index contributed by atoms with van der Waals surface area (Å²) in [6, 6.07) is 15.5. The number of aryl methyl sites for hydroxylation is 1. The number of aromatic hydroxyl groups is 1. The Hall–Kier alpha value is -3.08. The van der Waals surface area contributed by atoms with E-state index in [1.165, 1.54) is 12.1 Å². The van der Waals surface area contributed by atoms with Crippen LogP contribution in [0.5, 0.6) is 5.75 Å². The normalized spacial score (nSPS) is 16.5. The lowest BCUT2D eigenvalue weighted by Gasteiger charge is -2.27. The molecule has 0 aromatic heterocycles. The molecule has 5 heteroatoms. The monoisotopic (exact) mass is 393 g/mol. The number of benzene rings is 2. The van der Waals surface area contributed by atoms with Gasteiger partial charge in [-0.1, -0.05) is 62.2 Å². The second kappa shape index (κ2) is 9.41. The molecule has 0 aliphatic carbocycles. The van der Waals surface area contributed by atoms with Gasteiger partial charge in [-0.2, -0.15) is 0 Å². The van der Waals surface area contributed by atoms with Crippen molar-refractivity contribution in [3.63, 3.8) is 0 Å². The van der Waals surface area contributed by atoms with Gasteiger partial charge in [-0.25, -0.2) is 0 Å². The maximum atomic E-state index is 13.1. The molecular formula is C24H27NO4. The number of Topliss-reactive ketones (excluding diaryl/α,β-unsaturated/α-hetero) is 1. The molecule has 0 saturated heterocycles. The van der Waals surface area contributed by atoms with Crippen molar-refractivity contribution in [1.82, 2.24) is 4.90 Å². The maximum Gasteiger partial charge on any atom is 0.290 e. The van der Waals surface area contributed by atoms with Gasteiger partial charge in [0.2, 0.25) is 0 Å². The molecule has 1 heterocycles. The summed E-state index contributed by atoms with van der Waals surface area (Å²) in [4.78, 5) is 27.4. The van der Waals surface area contributed by atoms with Gasteiger partial charge in [0.05, 0.1) is 11.6 Å². The first-order valence-electron chi connectivity index (χ1n) is 10.1. The fourth-order valence-corrected chi connectivity index (χ4v) is 3.74. The number of carbonyl (C=O) groups is 2. The van der Waals surface area contributed by atoms with E-state index < -0.39 is 17.7 Å². The van der Waals surface area contributed by atoms with Crippen LogP contribution in [0.15, 0.2) is 65.9 Å². The van der Waals surface area contributed by atoms with Crippen LogP contribution in [-0.4, -0.2) is 33.3 Å². The van der Waals surface area contributed by atoms with E-state index in [9.17, 15) is 19.8 Å². The molecule has 2 N–H and O–H groups in total. The lowest BCUT2D eigenvalue weighted by Crippen LogP contribution is -2.32. The van der Waals surface area contributed by atoms with E-state index in [0.29, 0.717) is 18.5 Å². The largest absolute Gasteiger partial charge is 0.508 e. The molecule has 1 unspecified atom stereocenters. The minimum Gasteiger partial charge on any atom is -0.508 e. The van der Waals surface area contributed by atoms with Crippen LogP contribution >= 0.6 is 0 Å². The van der Waals surface area contributed by atoms with Gasteiger partial charge >= 0.3 is 0 Å². The molecule has 0 radical (unpaired) electrons. The molecule has 5 nitrogen and oxygen atoms in total. The molecule has 2 aromatic carbocycles. The van der Waals surface area contributed by atoms with Crippen LogP contribution in [0.2, 0.25) is 0 Å². The predicted octanol–water partition coefficient (Wildman–Crippen LogP) is 4.48. The molecule has 1 amide bonds. The molecule has 3 rings (SSSR count). The predicted molar refractivity (Wildman–Crippen MR) is 112 cm³/mol. The van der Waals surface area contributed by atoms with E-state index in [1.54, 1.807) is 17.0 Å². The van der Waals surface area contributed by atoms with Gasteiger partial charge in [0.15, 0.2) is 11.5 Å². The molecule has 1 aliphatic rings. The van der Waals surface area contributed by atoms with Gasteiger partial charge in [0.1, 0.15) is 5.75 Å². The number of aliphatic hydroxyl groups excluding tert-OH is 1. The Morgan fingerprint density at radius 1 is 1.00 bits per heavy atom. The smallest absolute Gasteiger partial charge is 0.290 e. The lowest BCUT2D eigenvalue weighted by molar-refractivity contribution is -0.129. The highest BCUT2D eigenvalue weighted by molar-refractivity contribution is 6.09. The second-order valence-corrected chi connectivity index (χ2v) is 7.37. The van der Waals surface area contributed by atoms with Gasteiger partial charge < -0.3 is 15.1 Å². The van der Waals surface area contributed by atoms with Crippen molar-refractivity contribution in [1.29, 1.82) is 0 Å². The highest BCUT2D eigenvalue weighted by Crippen LogP contribution is 2.39. The van der Waals surface area contributed by atoms with Crippen molar-refractivity contribution >= 4 is 11.7 Å². The third-order valence-electron chi connectivity index (χ3n) is 5.30. The Morgan fingerprint density at radius 2 is 1.69 bits per heavy atom. The number of phenols is 1. The number of amides is 1. The molecule has 0 spiro atoms. The zero-order valence-electron chi connectivity index (χ0n) is 16.7. The third kappa shape index (κ3) is 4.67. The average Bonchev–Trinajstić information content (AvgIpc) is 2.98. The number of nitrogens with zero attached hydrogens (tertiary/aromatic N) is 1. The quantitative estimate of drug-likeness (QED) is 0.616.